The number of para-hydroxylation sites is 1. The predicted molar refractivity (Wildman–Crippen MR) is 97.2 cm³/mol. The van der Waals surface area contributed by atoms with Gasteiger partial charge in [-0.1, -0.05) is 12.1 Å². The maximum absolute atomic E-state index is 12.5. The quantitative estimate of drug-likeness (QED) is 0.596. The number of aromatic nitrogens is 6. The van der Waals surface area contributed by atoms with Crippen LogP contribution >= 0.6 is 0 Å². The van der Waals surface area contributed by atoms with Gasteiger partial charge in [0.05, 0.1) is 16.9 Å². The number of benzene rings is 1. The zero-order valence-corrected chi connectivity index (χ0v) is 14.3. The second kappa shape index (κ2) is 5.62. The number of anilines is 1. The summed E-state index contributed by atoms with van der Waals surface area (Å²) < 4.78 is 1.74. The van der Waals surface area contributed by atoms with E-state index in [0.717, 1.165) is 36.4 Å². The van der Waals surface area contributed by atoms with Crippen LogP contribution in [-0.2, 0) is 0 Å². The molecule has 1 N–H and O–H groups in total. The Morgan fingerprint density at radius 3 is 3.04 bits per heavy atom. The first kappa shape index (κ1) is 15.0. The van der Waals surface area contributed by atoms with Gasteiger partial charge in [-0.3, -0.25) is 4.79 Å². The number of nitrogens with zero attached hydrogens (tertiary/aromatic N) is 6. The summed E-state index contributed by atoms with van der Waals surface area (Å²) in [5, 5.41) is 4.92. The zero-order valence-electron chi connectivity index (χ0n) is 14.3. The van der Waals surface area contributed by atoms with Crippen molar-refractivity contribution in [3.05, 3.63) is 58.5 Å². The van der Waals surface area contributed by atoms with Crippen molar-refractivity contribution in [1.29, 1.82) is 0 Å². The van der Waals surface area contributed by atoms with Crippen molar-refractivity contribution in [2.24, 2.45) is 0 Å². The van der Waals surface area contributed by atoms with Crippen molar-refractivity contribution in [3.8, 4) is 0 Å². The third kappa shape index (κ3) is 2.26. The second-order valence-electron chi connectivity index (χ2n) is 6.55. The van der Waals surface area contributed by atoms with Gasteiger partial charge in [-0.2, -0.15) is 14.6 Å². The zero-order chi connectivity index (χ0) is 17.7. The molecule has 26 heavy (non-hydrogen) atoms. The second-order valence-corrected chi connectivity index (χ2v) is 6.55. The summed E-state index contributed by atoms with van der Waals surface area (Å²) in [6.07, 6.45) is 3.43. The highest BCUT2D eigenvalue weighted by Gasteiger charge is 2.30. The molecule has 130 valence electrons. The van der Waals surface area contributed by atoms with E-state index >= 15 is 0 Å². The maximum Gasteiger partial charge on any atom is 0.258 e. The van der Waals surface area contributed by atoms with Crippen molar-refractivity contribution < 1.29 is 0 Å². The standard InChI is InChI=1S/C18H17N7O/c1-11-9-15(25-18(21-11)19-10-20-25)24-8-4-7-14(24)16-22-13-6-3-2-5-12(13)17(26)23-16/h2-3,5-6,9-10,14H,4,7-8H2,1H3,(H,22,23,26). The molecule has 1 aromatic carbocycles. The number of aromatic amines is 1. The molecule has 1 atom stereocenters. The first-order chi connectivity index (χ1) is 12.7. The molecule has 0 radical (unpaired) electrons. The Labute approximate surface area is 148 Å². The van der Waals surface area contributed by atoms with Gasteiger partial charge in [0.2, 0.25) is 0 Å². The lowest BCUT2D eigenvalue weighted by Gasteiger charge is -2.26. The average molecular weight is 347 g/mol. The van der Waals surface area contributed by atoms with Crippen LogP contribution in [-0.4, -0.2) is 36.1 Å². The number of H-pyrrole nitrogens is 1. The van der Waals surface area contributed by atoms with Gasteiger partial charge in [0.25, 0.3) is 11.3 Å². The van der Waals surface area contributed by atoms with E-state index < -0.39 is 0 Å². The minimum atomic E-state index is -0.103. The van der Waals surface area contributed by atoms with E-state index in [1.807, 2.05) is 31.2 Å². The van der Waals surface area contributed by atoms with E-state index in [9.17, 15) is 4.79 Å². The summed E-state index contributed by atoms with van der Waals surface area (Å²) >= 11 is 0. The summed E-state index contributed by atoms with van der Waals surface area (Å²) in [4.78, 5) is 31.0. The number of hydrogen-bond acceptors (Lipinski definition) is 6. The highest BCUT2D eigenvalue weighted by Crippen LogP contribution is 2.34. The molecule has 8 nitrogen and oxygen atoms in total. The number of nitrogens with one attached hydrogen (secondary N) is 1. The minimum absolute atomic E-state index is 0.0125. The molecule has 5 rings (SSSR count). The number of fused-ring (bicyclic) bond motifs is 2. The van der Waals surface area contributed by atoms with Crippen LogP contribution in [0.2, 0.25) is 0 Å². The largest absolute Gasteiger partial charge is 0.346 e. The predicted octanol–water partition coefficient (Wildman–Crippen LogP) is 2.01. The Morgan fingerprint density at radius 2 is 2.12 bits per heavy atom. The molecule has 3 aromatic heterocycles. The van der Waals surface area contributed by atoms with E-state index in [0.29, 0.717) is 17.0 Å². The minimum Gasteiger partial charge on any atom is -0.346 e. The van der Waals surface area contributed by atoms with Crippen LogP contribution in [0.3, 0.4) is 0 Å². The summed E-state index contributed by atoms with van der Waals surface area (Å²) in [5.74, 6) is 2.18. The molecule has 1 unspecified atom stereocenters. The number of hydrogen-bond donors (Lipinski definition) is 1. The Bertz CT molecular complexity index is 1180. The van der Waals surface area contributed by atoms with Crippen LogP contribution in [0.5, 0.6) is 0 Å². The first-order valence-electron chi connectivity index (χ1n) is 8.64. The lowest BCUT2D eigenvalue weighted by molar-refractivity contribution is 0.652. The molecule has 1 fully saturated rings. The molecule has 0 aliphatic carbocycles. The van der Waals surface area contributed by atoms with Gasteiger partial charge in [0.15, 0.2) is 0 Å². The average Bonchev–Trinajstić information content (AvgIpc) is 3.30. The van der Waals surface area contributed by atoms with Gasteiger partial charge >= 0.3 is 0 Å². The van der Waals surface area contributed by atoms with Crippen LogP contribution < -0.4 is 10.5 Å². The number of rotatable bonds is 2. The van der Waals surface area contributed by atoms with E-state index in [2.05, 4.69) is 25.0 Å². The van der Waals surface area contributed by atoms with Crippen LogP contribution in [0.15, 0.2) is 41.5 Å². The molecule has 8 heteroatoms. The summed E-state index contributed by atoms with van der Waals surface area (Å²) in [6.45, 7) is 2.80. The lowest BCUT2D eigenvalue weighted by atomic mass is 10.2. The molecule has 1 aliphatic rings. The molecule has 4 aromatic rings. The molecule has 0 amide bonds. The molecular formula is C18H17N7O. The van der Waals surface area contributed by atoms with Crippen molar-refractivity contribution in [3.63, 3.8) is 0 Å². The van der Waals surface area contributed by atoms with Crippen molar-refractivity contribution in [2.75, 3.05) is 11.4 Å². The molecule has 0 spiro atoms. The van der Waals surface area contributed by atoms with Crippen LogP contribution in [0.25, 0.3) is 16.7 Å². The Kier molecular flexibility index (Phi) is 3.24. The highest BCUT2D eigenvalue weighted by molar-refractivity contribution is 5.77. The van der Waals surface area contributed by atoms with Gasteiger partial charge in [-0.25, -0.2) is 9.97 Å². The molecule has 0 bridgehead atoms. The monoisotopic (exact) mass is 347 g/mol. The van der Waals surface area contributed by atoms with Gasteiger partial charge in [-0.05, 0) is 31.9 Å². The molecular weight excluding hydrogens is 330 g/mol. The van der Waals surface area contributed by atoms with Crippen molar-refractivity contribution in [2.45, 2.75) is 25.8 Å². The van der Waals surface area contributed by atoms with Gasteiger partial charge in [0, 0.05) is 18.3 Å². The van der Waals surface area contributed by atoms with Crippen LogP contribution in [0.1, 0.15) is 30.4 Å². The summed E-state index contributed by atoms with van der Waals surface area (Å²) in [5.41, 5.74) is 1.50. The first-order valence-corrected chi connectivity index (χ1v) is 8.64. The lowest BCUT2D eigenvalue weighted by Crippen LogP contribution is -2.28. The Hall–Kier alpha value is -3.29. The SMILES string of the molecule is Cc1cc(N2CCCC2c2nc3ccccc3c(=O)[nH]2)n2ncnc2n1. The van der Waals surface area contributed by atoms with Crippen LogP contribution in [0.4, 0.5) is 5.82 Å². The van der Waals surface area contributed by atoms with Gasteiger partial charge in [0.1, 0.15) is 18.0 Å². The topological polar surface area (TPSA) is 92.1 Å². The van der Waals surface area contributed by atoms with Crippen molar-refractivity contribution >= 4 is 22.5 Å². The van der Waals surface area contributed by atoms with E-state index in [1.165, 1.54) is 6.33 Å². The molecule has 0 saturated carbocycles. The summed E-state index contributed by atoms with van der Waals surface area (Å²) in [7, 11) is 0. The molecule has 4 heterocycles. The highest BCUT2D eigenvalue weighted by atomic mass is 16.1. The summed E-state index contributed by atoms with van der Waals surface area (Å²) in [6, 6.07) is 9.40. The third-order valence-corrected chi connectivity index (χ3v) is 4.85. The maximum atomic E-state index is 12.5. The van der Waals surface area contributed by atoms with Gasteiger partial charge in [-0.15, -0.1) is 0 Å². The fourth-order valence-corrected chi connectivity index (χ4v) is 3.70. The van der Waals surface area contributed by atoms with E-state index in [1.54, 1.807) is 10.6 Å². The Balaban J connectivity index is 1.65. The number of aryl methyl sites for hydroxylation is 1. The van der Waals surface area contributed by atoms with E-state index in [4.69, 9.17) is 4.98 Å². The fourth-order valence-electron chi connectivity index (χ4n) is 3.70. The Morgan fingerprint density at radius 1 is 1.23 bits per heavy atom. The van der Waals surface area contributed by atoms with Crippen molar-refractivity contribution in [1.82, 2.24) is 29.5 Å². The van der Waals surface area contributed by atoms with E-state index in [-0.39, 0.29) is 11.6 Å². The van der Waals surface area contributed by atoms with Gasteiger partial charge < -0.3 is 9.88 Å². The normalized spacial score (nSPS) is 17.4. The smallest absolute Gasteiger partial charge is 0.258 e. The molecule has 1 aliphatic heterocycles. The fraction of sp³-hybridized carbons (Fsp3) is 0.278. The third-order valence-electron chi connectivity index (χ3n) is 4.85. The van der Waals surface area contributed by atoms with Crippen LogP contribution in [0, 0.1) is 6.92 Å². The molecule has 1 saturated heterocycles.